The van der Waals surface area contributed by atoms with Crippen LogP contribution in [0.4, 0.5) is 24.5 Å². The average molecular weight is 395 g/mol. The van der Waals surface area contributed by atoms with E-state index in [0.29, 0.717) is 12.0 Å². The van der Waals surface area contributed by atoms with E-state index in [1.165, 1.54) is 18.2 Å². The first kappa shape index (κ1) is 17.9. The van der Waals surface area contributed by atoms with E-state index in [4.69, 9.17) is 11.6 Å². The largest absolute Gasteiger partial charge is 0.416 e. The summed E-state index contributed by atoms with van der Waals surface area (Å²) < 4.78 is 40.7. The SMILES string of the molecule is O=[N+]([O-])c1cccc([C@@H]2Nc3c(Cl)ccc(C(F)(F)F)c3[C@H]3C=CC[C@@H]32)c1. The van der Waals surface area contributed by atoms with Crippen molar-refractivity contribution in [1.82, 2.24) is 0 Å². The van der Waals surface area contributed by atoms with E-state index in [-0.39, 0.29) is 33.9 Å². The van der Waals surface area contributed by atoms with Crippen LogP contribution in [-0.2, 0) is 6.18 Å². The molecule has 0 unspecified atom stereocenters. The molecule has 0 fully saturated rings. The minimum atomic E-state index is -4.49. The Morgan fingerprint density at radius 2 is 2.00 bits per heavy atom. The maximum atomic E-state index is 13.6. The van der Waals surface area contributed by atoms with E-state index < -0.39 is 22.6 Å². The summed E-state index contributed by atoms with van der Waals surface area (Å²) in [4.78, 5) is 10.6. The van der Waals surface area contributed by atoms with Crippen LogP contribution in [0.1, 0.15) is 35.1 Å². The summed E-state index contributed by atoms with van der Waals surface area (Å²) in [6, 6.07) is 8.04. The van der Waals surface area contributed by atoms with Crippen LogP contribution in [-0.4, -0.2) is 4.92 Å². The number of anilines is 1. The molecule has 1 aliphatic carbocycles. The van der Waals surface area contributed by atoms with Gasteiger partial charge in [-0.1, -0.05) is 35.9 Å². The highest BCUT2D eigenvalue weighted by molar-refractivity contribution is 6.33. The summed E-state index contributed by atoms with van der Waals surface area (Å²) >= 11 is 6.23. The molecule has 2 aromatic carbocycles. The van der Waals surface area contributed by atoms with Crippen molar-refractivity contribution < 1.29 is 18.1 Å². The lowest BCUT2D eigenvalue weighted by atomic mass is 9.75. The van der Waals surface area contributed by atoms with Crippen LogP contribution in [0.25, 0.3) is 0 Å². The number of allylic oxidation sites excluding steroid dienone is 2. The maximum Gasteiger partial charge on any atom is 0.416 e. The van der Waals surface area contributed by atoms with Gasteiger partial charge in [0.25, 0.3) is 5.69 Å². The van der Waals surface area contributed by atoms with Crippen molar-refractivity contribution in [2.45, 2.75) is 24.6 Å². The molecule has 27 heavy (non-hydrogen) atoms. The van der Waals surface area contributed by atoms with Gasteiger partial charge in [0.2, 0.25) is 0 Å². The minimum Gasteiger partial charge on any atom is -0.376 e. The van der Waals surface area contributed by atoms with Gasteiger partial charge in [0.1, 0.15) is 0 Å². The number of nitrogens with zero attached hydrogens (tertiary/aromatic N) is 1. The zero-order chi connectivity index (χ0) is 19.3. The van der Waals surface area contributed by atoms with Crippen molar-refractivity contribution in [2.24, 2.45) is 5.92 Å². The number of benzene rings is 2. The number of non-ortho nitro benzene ring substituents is 1. The van der Waals surface area contributed by atoms with Gasteiger partial charge >= 0.3 is 6.18 Å². The van der Waals surface area contributed by atoms with Gasteiger partial charge in [-0.2, -0.15) is 13.2 Å². The predicted octanol–water partition coefficient (Wildman–Crippen LogP) is 6.09. The van der Waals surface area contributed by atoms with E-state index in [0.717, 1.165) is 6.07 Å². The Morgan fingerprint density at radius 1 is 1.22 bits per heavy atom. The molecule has 4 rings (SSSR count). The third-order valence-corrected chi connectivity index (χ3v) is 5.53. The Hall–Kier alpha value is -2.54. The van der Waals surface area contributed by atoms with Crippen molar-refractivity contribution in [3.8, 4) is 0 Å². The quantitative estimate of drug-likeness (QED) is 0.380. The molecule has 4 nitrogen and oxygen atoms in total. The number of halogens is 4. The molecule has 140 valence electrons. The summed E-state index contributed by atoms with van der Waals surface area (Å²) in [5.41, 5.74) is 0.291. The number of nitro benzene ring substituents is 1. The molecule has 2 aliphatic rings. The topological polar surface area (TPSA) is 55.2 Å². The van der Waals surface area contributed by atoms with Crippen molar-refractivity contribution in [2.75, 3.05) is 5.32 Å². The summed E-state index contributed by atoms with van der Waals surface area (Å²) in [7, 11) is 0. The zero-order valence-electron chi connectivity index (χ0n) is 13.8. The highest BCUT2D eigenvalue weighted by Gasteiger charge is 2.45. The fourth-order valence-corrected chi connectivity index (χ4v) is 4.30. The molecule has 0 saturated carbocycles. The van der Waals surface area contributed by atoms with Crippen LogP contribution in [0, 0.1) is 16.0 Å². The van der Waals surface area contributed by atoms with Crippen LogP contribution < -0.4 is 5.32 Å². The van der Waals surface area contributed by atoms with Gasteiger partial charge in [0.15, 0.2) is 0 Å². The number of fused-ring (bicyclic) bond motifs is 3. The lowest BCUT2D eigenvalue weighted by Gasteiger charge is -2.39. The summed E-state index contributed by atoms with van der Waals surface area (Å²) in [6.07, 6.45) is -0.276. The van der Waals surface area contributed by atoms with Crippen LogP contribution in [0.15, 0.2) is 48.6 Å². The first-order chi connectivity index (χ1) is 12.8. The first-order valence-electron chi connectivity index (χ1n) is 8.34. The molecule has 0 bridgehead atoms. The van der Waals surface area contributed by atoms with Gasteiger partial charge in [0, 0.05) is 18.1 Å². The second-order valence-electron chi connectivity index (χ2n) is 6.71. The van der Waals surface area contributed by atoms with Gasteiger partial charge in [0.05, 0.1) is 27.2 Å². The van der Waals surface area contributed by atoms with E-state index in [1.54, 1.807) is 18.2 Å². The highest BCUT2D eigenvalue weighted by Crippen LogP contribution is 2.54. The van der Waals surface area contributed by atoms with Gasteiger partial charge in [-0.3, -0.25) is 10.1 Å². The molecule has 0 radical (unpaired) electrons. The lowest BCUT2D eigenvalue weighted by Crippen LogP contribution is -2.31. The van der Waals surface area contributed by atoms with Crippen LogP contribution in [0.5, 0.6) is 0 Å². The molecule has 1 heterocycles. The molecule has 1 aliphatic heterocycles. The zero-order valence-corrected chi connectivity index (χ0v) is 14.6. The molecular weight excluding hydrogens is 381 g/mol. The predicted molar refractivity (Wildman–Crippen MR) is 95.9 cm³/mol. The monoisotopic (exact) mass is 394 g/mol. The normalized spacial score (nSPS) is 23.5. The Bertz CT molecular complexity index is 958. The Kier molecular flexibility index (Phi) is 4.14. The van der Waals surface area contributed by atoms with Gasteiger partial charge in [-0.15, -0.1) is 0 Å². The average Bonchev–Trinajstić information content (AvgIpc) is 3.10. The van der Waals surface area contributed by atoms with E-state index in [2.05, 4.69) is 5.32 Å². The molecule has 0 amide bonds. The third kappa shape index (κ3) is 2.96. The molecule has 3 atom stereocenters. The van der Waals surface area contributed by atoms with E-state index >= 15 is 0 Å². The Labute approximate surface area is 157 Å². The van der Waals surface area contributed by atoms with Gasteiger partial charge in [-0.05, 0) is 35.6 Å². The summed E-state index contributed by atoms with van der Waals surface area (Å²) in [5.74, 6) is -0.639. The van der Waals surface area contributed by atoms with Crippen molar-refractivity contribution in [3.63, 3.8) is 0 Å². The number of hydrogen-bond acceptors (Lipinski definition) is 3. The molecule has 8 heteroatoms. The second-order valence-corrected chi connectivity index (χ2v) is 7.12. The molecule has 0 saturated heterocycles. The first-order valence-corrected chi connectivity index (χ1v) is 8.72. The fraction of sp³-hybridized carbons (Fsp3) is 0.263. The lowest BCUT2D eigenvalue weighted by molar-refractivity contribution is -0.384. The summed E-state index contributed by atoms with van der Waals surface area (Å²) in [6.45, 7) is 0. The number of nitro groups is 1. The molecule has 1 N–H and O–H groups in total. The van der Waals surface area contributed by atoms with Crippen molar-refractivity contribution in [3.05, 3.63) is 80.4 Å². The van der Waals surface area contributed by atoms with Crippen molar-refractivity contribution >= 4 is 23.0 Å². The van der Waals surface area contributed by atoms with Crippen LogP contribution in [0.2, 0.25) is 5.02 Å². The molecular formula is C19H14ClF3N2O2. The van der Waals surface area contributed by atoms with E-state index in [9.17, 15) is 23.3 Å². The number of nitrogens with one attached hydrogen (secondary N) is 1. The smallest absolute Gasteiger partial charge is 0.376 e. The number of rotatable bonds is 2. The second kappa shape index (κ2) is 6.27. The highest BCUT2D eigenvalue weighted by atomic mass is 35.5. The van der Waals surface area contributed by atoms with Gasteiger partial charge in [-0.25, -0.2) is 0 Å². The summed E-state index contributed by atoms with van der Waals surface area (Å²) in [5, 5.41) is 14.4. The maximum absolute atomic E-state index is 13.6. The Balaban J connectivity index is 1.86. The minimum absolute atomic E-state index is 0.0576. The Morgan fingerprint density at radius 3 is 2.70 bits per heavy atom. The molecule has 0 aromatic heterocycles. The standard InChI is InChI=1S/C19H14ClF3N2O2/c20-15-8-7-14(19(21,22)23)16-12-5-2-6-13(12)17(24-18(15)16)10-3-1-4-11(9-10)25(26)27/h1-5,7-9,12-13,17,24H,6H2/t12-,13-,17-/m0/s1. The van der Waals surface area contributed by atoms with Crippen molar-refractivity contribution in [1.29, 1.82) is 0 Å². The molecule has 0 spiro atoms. The molecule has 2 aromatic rings. The van der Waals surface area contributed by atoms with Crippen LogP contribution in [0.3, 0.4) is 0 Å². The van der Waals surface area contributed by atoms with Crippen LogP contribution >= 0.6 is 11.6 Å². The fourth-order valence-electron chi connectivity index (χ4n) is 4.08. The van der Waals surface area contributed by atoms with Gasteiger partial charge < -0.3 is 5.32 Å². The van der Waals surface area contributed by atoms with E-state index in [1.807, 2.05) is 6.08 Å². The number of hydrogen-bond donors (Lipinski definition) is 1. The third-order valence-electron chi connectivity index (χ3n) is 5.21. The number of alkyl halides is 3.